The molecule has 0 bridgehead atoms. The Morgan fingerprint density at radius 3 is 1.16 bits per heavy atom. The Hall–Kier alpha value is -2.18. The molecule has 0 aliphatic rings. The van der Waals surface area contributed by atoms with Gasteiger partial charge < -0.3 is 20.3 Å². The molecule has 0 aliphatic heterocycles. The number of hydrogen-bond acceptors (Lipinski definition) is 5. The Balaban J connectivity index is 3.47. The van der Waals surface area contributed by atoms with E-state index in [0.29, 0.717) is 19.4 Å². The number of rotatable bonds is 55. The van der Waals surface area contributed by atoms with Crippen LogP contribution in [0.5, 0.6) is 0 Å². The van der Waals surface area contributed by atoms with Crippen LogP contribution in [0.25, 0.3) is 0 Å². The molecular weight excluding hydrogens is 839 g/mol. The van der Waals surface area contributed by atoms with E-state index in [1.54, 1.807) is 6.08 Å². The van der Waals surface area contributed by atoms with Gasteiger partial charge in [0, 0.05) is 12.8 Å². The Morgan fingerprint density at radius 1 is 0.412 bits per heavy atom. The third kappa shape index (κ3) is 53.2. The highest BCUT2D eigenvalue weighted by Gasteiger charge is 2.18. The number of nitrogens with one attached hydrogen (secondary N) is 1. The number of carbonyl (C=O) groups excluding carboxylic acids is 2. The van der Waals surface area contributed by atoms with Gasteiger partial charge in [0.15, 0.2) is 0 Å². The van der Waals surface area contributed by atoms with E-state index in [1.165, 1.54) is 225 Å². The standard InChI is InChI=1S/C62H115NO5/c1-3-5-7-9-11-13-15-17-19-27-30-34-38-42-46-50-54-60(65)59(58-64)63-61(66)55-51-47-43-39-35-31-28-24-22-20-21-23-25-29-33-37-41-45-49-53-57-68-62(67)56-52-48-44-40-36-32-26-18-16-14-12-10-8-6-4-2/h12,14,18,20,22,26,50,54,59-60,64-65H,3-11,13,15-17,19,21,23-25,27-49,51-53,55-58H2,1-2H3,(H,63,66)/b14-12-,22-20-,26-18-,54-50+. The second-order valence-electron chi connectivity index (χ2n) is 20.3. The first-order chi connectivity index (χ1) is 33.5. The summed E-state index contributed by atoms with van der Waals surface area (Å²) in [6, 6.07) is -0.635. The molecule has 6 heteroatoms. The lowest BCUT2D eigenvalue weighted by Crippen LogP contribution is -2.45. The molecular formula is C62H115NO5. The van der Waals surface area contributed by atoms with Gasteiger partial charge in [-0.15, -0.1) is 0 Å². The zero-order valence-electron chi connectivity index (χ0n) is 45.3. The first kappa shape index (κ1) is 65.8. The van der Waals surface area contributed by atoms with Gasteiger partial charge in [0.2, 0.25) is 5.91 Å². The minimum atomic E-state index is -0.851. The summed E-state index contributed by atoms with van der Waals surface area (Å²) in [5.41, 5.74) is 0. The summed E-state index contributed by atoms with van der Waals surface area (Å²) < 4.78 is 5.47. The normalized spacial score (nSPS) is 12.9. The quantitative estimate of drug-likeness (QED) is 0.0321. The highest BCUT2D eigenvalue weighted by molar-refractivity contribution is 5.76. The van der Waals surface area contributed by atoms with Crippen molar-refractivity contribution in [1.82, 2.24) is 5.32 Å². The molecule has 1 amide bonds. The predicted molar refractivity (Wildman–Crippen MR) is 296 cm³/mol. The smallest absolute Gasteiger partial charge is 0.305 e. The molecule has 0 aromatic carbocycles. The summed E-state index contributed by atoms with van der Waals surface area (Å²) in [6.45, 7) is 4.87. The Kier molecular flexibility index (Phi) is 55.6. The molecule has 0 spiro atoms. The van der Waals surface area contributed by atoms with Crippen molar-refractivity contribution in [3.63, 3.8) is 0 Å². The van der Waals surface area contributed by atoms with E-state index in [0.717, 1.165) is 57.8 Å². The molecule has 2 unspecified atom stereocenters. The number of amides is 1. The first-order valence-electron chi connectivity index (χ1n) is 29.9. The van der Waals surface area contributed by atoms with E-state index in [9.17, 15) is 19.8 Å². The van der Waals surface area contributed by atoms with Gasteiger partial charge in [0.25, 0.3) is 0 Å². The predicted octanol–water partition coefficient (Wildman–Crippen LogP) is 18.6. The number of ether oxygens (including phenoxy) is 1. The van der Waals surface area contributed by atoms with Crippen LogP contribution in [0.3, 0.4) is 0 Å². The van der Waals surface area contributed by atoms with Crippen LogP contribution in [-0.4, -0.2) is 47.4 Å². The molecule has 0 aliphatic carbocycles. The Labute approximate surface area is 423 Å². The maximum Gasteiger partial charge on any atom is 0.305 e. The lowest BCUT2D eigenvalue weighted by molar-refractivity contribution is -0.143. The fourth-order valence-corrected chi connectivity index (χ4v) is 8.95. The summed E-state index contributed by atoms with van der Waals surface area (Å²) in [5.74, 6) is -0.0853. The van der Waals surface area contributed by atoms with E-state index in [-0.39, 0.29) is 18.5 Å². The number of aliphatic hydroxyl groups is 2. The summed E-state index contributed by atoms with van der Waals surface area (Å²) in [5, 5.41) is 23.1. The minimum absolute atomic E-state index is 0.00887. The van der Waals surface area contributed by atoms with Gasteiger partial charge in [0.1, 0.15) is 0 Å². The van der Waals surface area contributed by atoms with Crippen molar-refractivity contribution in [3.8, 4) is 0 Å². The van der Waals surface area contributed by atoms with Crippen molar-refractivity contribution < 1.29 is 24.5 Å². The van der Waals surface area contributed by atoms with Crippen molar-refractivity contribution in [3.05, 3.63) is 48.6 Å². The highest BCUT2D eigenvalue weighted by atomic mass is 16.5. The van der Waals surface area contributed by atoms with E-state index in [2.05, 4.69) is 55.6 Å². The SMILES string of the molecule is CCCCC/C=C\C/C=C\CCCCCCCC(=O)OCCCCCCCCCCC/C=C\CCCCCCCCCC(=O)NC(CO)C(O)/C=C/CCCCCCCCCCCCCCCC. The highest BCUT2D eigenvalue weighted by Crippen LogP contribution is 2.16. The molecule has 0 saturated carbocycles. The third-order valence-electron chi connectivity index (χ3n) is 13.6. The van der Waals surface area contributed by atoms with Crippen LogP contribution in [0.15, 0.2) is 48.6 Å². The van der Waals surface area contributed by atoms with Gasteiger partial charge in [-0.05, 0) is 89.9 Å². The van der Waals surface area contributed by atoms with Crippen molar-refractivity contribution in [1.29, 1.82) is 0 Å². The Bertz CT molecular complexity index is 1150. The van der Waals surface area contributed by atoms with Crippen LogP contribution >= 0.6 is 0 Å². The topological polar surface area (TPSA) is 95.9 Å². The molecule has 0 aromatic rings. The van der Waals surface area contributed by atoms with Crippen LogP contribution in [0.2, 0.25) is 0 Å². The largest absolute Gasteiger partial charge is 0.466 e. The van der Waals surface area contributed by atoms with Gasteiger partial charge in [-0.3, -0.25) is 9.59 Å². The lowest BCUT2D eigenvalue weighted by atomic mass is 10.0. The molecule has 0 aromatic heterocycles. The van der Waals surface area contributed by atoms with E-state index in [4.69, 9.17) is 4.74 Å². The Morgan fingerprint density at radius 2 is 0.735 bits per heavy atom. The molecule has 6 nitrogen and oxygen atoms in total. The molecule has 3 N–H and O–H groups in total. The summed E-state index contributed by atoms with van der Waals surface area (Å²) in [4.78, 5) is 24.5. The maximum atomic E-state index is 12.5. The average Bonchev–Trinajstić information content (AvgIpc) is 3.34. The van der Waals surface area contributed by atoms with Gasteiger partial charge in [-0.25, -0.2) is 0 Å². The van der Waals surface area contributed by atoms with Crippen molar-refractivity contribution >= 4 is 11.9 Å². The van der Waals surface area contributed by atoms with Gasteiger partial charge in [0.05, 0.1) is 25.4 Å². The molecule has 2 atom stereocenters. The van der Waals surface area contributed by atoms with Gasteiger partial charge in [-0.1, -0.05) is 255 Å². The second-order valence-corrected chi connectivity index (χ2v) is 20.3. The second kappa shape index (κ2) is 57.4. The molecule has 0 radical (unpaired) electrons. The van der Waals surface area contributed by atoms with Crippen LogP contribution in [0.4, 0.5) is 0 Å². The molecule has 0 fully saturated rings. The zero-order chi connectivity index (χ0) is 49.3. The van der Waals surface area contributed by atoms with Gasteiger partial charge in [-0.2, -0.15) is 0 Å². The van der Waals surface area contributed by atoms with Crippen LogP contribution < -0.4 is 5.32 Å². The van der Waals surface area contributed by atoms with E-state index in [1.807, 2.05) is 6.08 Å². The van der Waals surface area contributed by atoms with Crippen molar-refractivity contribution in [2.75, 3.05) is 13.2 Å². The van der Waals surface area contributed by atoms with Crippen molar-refractivity contribution in [2.24, 2.45) is 0 Å². The lowest BCUT2D eigenvalue weighted by Gasteiger charge is -2.20. The first-order valence-corrected chi connectivity index (χ1v) is 29.9. The molecule has 0 rings (SSSR count). The van der Waals surface area contributed by atoms with Crippen LogP contribution in [0.1, 0.15) is 309 Å². The van der Waals surface area contributed by atoms with E-state index < -0.39 is 12.1 Å². The van der Waals surface area contributed by atoms with Gasteiger partial charge >= 0.3 is 5.97 Å². The molecule has 0 heterocycles. The molecule has 68 heavy (non-hydrogen) atoms. The summed E-state index contributed by atoms with van der Waals surface area (Å²) in [6.07, 6.45) is 72.8. The minimum Gasteiger partial charge on any atom is -0.466 e. The number of carbonyl (C=O) groups is 2. The maximum absolute atomic E-state index is 12.5. The number of esters is 1. The third-order valence-corrected chi connectivity index (χ3v) is 13.6. The number of hydrogen-bond donors (Lipinski definition) is 3. The summed E-state index contributed by atoms with van der Waals surface area (Å²) >= 11 is 0. The van der Waals surface area contributed by atoms with Crippen LogP contribution in [-0.2, 0) is 14.3 Å². The molecule has 0 saturated heterocycles. The fourth-order valence-electron chi connectivity index (χ4n) is 8.95. The zero-order valence-corrected chi connectivity index (χ0v) is 45.3. The average molecular weight is 955 g/mol. The number of aliphatic hydroxyl groups excluding tert-OH is 2. The fraction of sp³-hybridized carbons (Fsp3) is 0.839. The molecule has 398 valence electrons. The number of unbranched alkanes of at least 4 members (excludes halogenated alkanes) is 38. The summed E-state index contributed by atoms with van der Waals surface area (Å²) in [7, 11) is 0. The van der Waals surface area contributed by atoms with E-state index >= 15 is 0 Å². The van der Waals surface area contributed by atoms with Crippen LogP contribution in [0, 0.1) is 0 Å². The monoisotopic (exact) mass is 954 g/mol. The van der Waals surface area contributed by atoms with Crippen molar-refractivity contribution in [2.45, 2.75) is 321 Å². The number of allylic oxidation sites excluding steroid dienone is 7.